The Hall–Kier alpha value is -1.18. The van der Waals surface area contributed by atoms with E-state index in [1.54, 1.807) is 13.8 Å². The van der Waals surface area contributed by atoms with Crippen molar-refractivity contribution in [3.8, 4) is 0 Å². The zero-order valence-electron chi connectivity index (χ0n) is 9.66. The summed E-state index contributed by atoms with van der Waals surface area (Å²) >= 11 is 0. The van der Waals surface area contributed by atoms with Crippen LogP contribution in [0, 0.1) is 10.1 Å². The van der Waals surface area contributed by atoms with Crippen molar-refractivity contribution in [2.75, 3.05) is 26.3 Å². The first-order valence-electron chi connectivity index (χ1n) is 5.17. The molecule has 1 aliphatic rings. The van der Waals surface area contributed by atoms with E-state index in [0.29, 0.717) is 6.54 Å². The largest absolute Gasteiger partial charge is 0.437 e. The van der Waals surface area contributed by atoms with Crippen LogP contribution in [0.15, 0.2) is 5.10 Å². The summed E-state index contributed by atoms with van der Waals surface area (Å²) in [6.07, 6.45) is 0. The minimum Gasteiger partial charge on any atom is -0.349 e. The number of nitrogens with zero attached hydrogens (tertiary/aromatic N) is 3. The Labute approximate surface area is 98.5 Å². The second-order valence-electron chi connectivity index (χ2n) is 3.02. The SMILES string of the molecule is CCOP(=O)(OCC)N1CCNC1=N[N+](=O)[O-]. The summed E-state index contributed by atoms with van der Waals surface area (Å²) in [6.45, 7) is 4.37. The van der Waals surface area contributed by atoms with E-state index >= 15 is 0 Å². The van der Waals surface area contributed by atoms with E-state index in [0.717, 1.165) is 0 Å². The molecule has 1 fully saturated rings. The highest BCUT2D eigenvalue weighted by molar-refractivity contribution is 7.52. The first kappa shape index (κ1) is 13.9. The molecule has 0 amide bonds. The Morgan fingerprint density at radius 3 is 2.59 bits per heavy atom. The van der Waals surface area contributed by atoms with E-state index in [1.807, 2.05) is 0 Å². The molecule has 0 bridgehead atoms. The molecule has 1 heterocycles. The summed E-state index contributed by atoms with van der Waals surface area (Å²) in [4.78, 5) is 10.3. The molecule has 1 rings (SSSR count). The molecular formula is C7H15N4O5P. The third-order valence-corrected chi connectivity index (χ3v) is 4.06. The predicted molar refractivity (Wildman–Crippen MR) is 60.0 cm³/mol. The molecule has 17 heavy (non-hydrogen) atoms. The van der Waals surface area contributed by atoms with Crippen LogP contribution in [0.25, 0.3) is 0 Å². The number of hydrazone groups is 1. The van der Waals surface area contributed by atoms with Gasteiger partial charge in [-0.3, -0.25) is 9.05 Å². The van der Waals surface area contributed by atoms with Crippen LogP contribution < -0.4 is 5.32 Å². The standard InChI is InChI=1S/C7H15N4O5P/c1-3-15-17(14,16-4-2)10-6-5-8-7(10)9-11(12)13/h3-6H2,1-2H3,(H,8,9). The summed E-state index contributed by atoms with van der Waals surface area (Å²) in [5, 5.41) is 15.2. The molecule has 1 N–H and O–H groups in total. The first-order chi connectivity index (χ1) is 8.03. The van der Waals surface area contributed by atoms with Gasteiger partial charge in [0.1, 0.15) is 5.10 Å². The van der Waals surface area contributed by atoms with E-state index in [2.05, 4.69) is 10.4 Å². The maximum absolute atomic E-state index is 12.3. The minimum atomic E-state index is -3.54. The van der Waals surface area contributed by atoms with Gasteiger partial charge in [0.2, 0.25) is 0 Å². The molecule has 9 nitrogen and oxygen atoms in total. The molecule has 0 atom stereocenters. The van der Waals surface area contributed by atoms with Gasteiger partial charge < -0.3 is 5.32 Å². The van der Waals surface area contributed by atoms with Gasteiger partial charge in [-0.15, -0.1) is 0 Å². The Morgan fingerprint density at radius 1 is 1.53 bits per heavy atom. The van der Waals surface area contributed by atoms with Crippen LogP contribution in [0.5, 0.6) is 0 Å². The predicted octanol–water partition coefficient (Wildman–Crippen LogP) is 0.620. The van der Waals surface area contributed by atoms with Gasteiger partial charge in [0.15, 0.2) is 5.03 Å². The lowest BCUT2D eigenvalue weighted by atomic mass is 10.7. The molecule has 0 spiro atoms. The summed E-state index contributed by atoms with van der Waals surface area (Å²) in [5.41, 5.74) is 0. The fraction of sp³-hybridized carbons (Fsp3) is 0.857. The van der Waals surface area contributed by atoms with Crippen molar-refractivity contribution >= 4 is 13.7 Å². The Bertz CT molecular complexity index is 350. The maximum atomic E-state index is 12.3. The number of nitro groups is 1. The maximum Gasteiger partial charge on any atom is 0.437 e. The Kier molecular flexibility index (Phi) is 4.86. The third kappa shape index (κ3) is 3.39. The number of nitrogens with one attached hydrogen (secondary N) is 1. The van der Waals surface area contributed by atoms with Crippen LogP contribution in [0.1, 0.15) is 13.8 Å². The molecule has 98 valence electrons. The summed E-state index contributed by atoms with van der Waals surface area (Å²) in [5.74, 6) is -0.0970. The van der Waals surface area contributed by atoms with Gasteiger partial charge in [0.25, 0.3) is 5.96 Å². The van der Waals surface area contributed by atoms with Crippen LogP contribution in [0.3, 0.4) is 0 Å². The zero-order valence-corrected chi connectivity index (χ0v) is 10.6. The quantitative estimate of drug-likeness (QED) is 0.426. The van der Waals surface area contributed by atoms with Crippen molar-refractivity contribution in [3.05, 3.63) is 10.1 Å². The van der Waals surface area contributed by atoms with E-state index < -0.39 is 12.8 Å². The monoisotopic (exact) mass is 266 g/mol. The topological polar surface area (TPSA) is 106 Å². The molecule has 1 saturated heterocycles. The van der Waals surface area contributed by atoms with Gasteiger partial charge in [-0.05, 0) is 13.8 Å². The summed E-state index contributed by atoms with van der Waals surface area (Å²) < 4.78 is 23.7. The number of rotatable bonds is 6. The number of hydrogen-bond donors (Lipinski definition) is 1. The van der Waals surface area contributed by atoms with Crippen molar-refractivity contribution in [3.63, 3.8) is 0 Å². The van der Waals surface area contributed by atoms with Crippen molar-refractivity contribution in [2.45, 2.75) is 13.8 Å². The first-order valence-corrected chi connectivity index (χ1v) is 6.67. The van der Waals surface area contributed by atoms with Gasteiger partial charge in [-0.2, -0.15) is 0 Å². The highest BCUT2D eigenvalue weighted by atomic mass is 31.2. The molecule has 0 aromatic carbocycles. The van der Waals surface area contributed by atoms with E-state index in [9.17, 15) is 14.7 Å². The van der Waals surface area contributed by atoms with Crippen molar-refractivity contribution in [1.82, 2.24) is 9.99 Å². The van der Waals surface area contributed by atoms with Gasteiger partial charge in [-0.1, -0.05) is 0 Å². The second-order valence-corrected chi connectivity index (χ2v) is 4.95. The fourth-order valence-corrected chi connectivity index (χ4v) is 3.07. The second kappa shape index (κ2) is 5.95. The zero-order chi connectivity index (χ0) is 12.9. The lowest BCUT2D eigenvalue weighted by molar-refractivity contribution is -0.485. The molecule has 0 aliphatic carbocycles. The molecule has 10 heteroatoms. The van der Waals surface area contributed by atoms with Crippen LogP contribution in [0.4, 0.5) is 0 Å². The van der Waals surface area contributed by atoms with Gasteiger partial charge in [0, 0.05) is 13.1 Å². The Balaban J connectivity index is 2.93. The van der Waals surface area contributed by atoms with Crippen molar-refractivity contribution < 1.29 is 18.6 Å². The third-order valence-electron chi connectivity index (χ3n) is 1.91. The van der Waals surface area contributed by atoms with Crippen LogP contribution in [-0.2, 0) is 13.6 Å². The highest BCUT2D eigenvalue weighted by Crippen LogP contribution is 2.52. The normalized spacial score (nSPS) is 18.5. The van der Waals surface area contributed by atoms with Crippen molar-refractivity contribution in [1.29, 1.82) is 0 Å². The smallest absolute Gasteiger partial charge is 0.349 e. The average molecular weight is 266 g/mol. The van der Waals surface area contributed by atoms with Crippen LogP contribution >= 0.6 is 7.75 Å². The minimum absolute atomic E-state index is 0.0970. The molecule has 0 aromatic heterocycles. The summed E-state index contributed by atoms with van der Waals surface area (Å²) in [6, 6.07) is 0. The lowest BCUT2D eigenvalue weighted by Gasteiger charge is -2.25. The molecule has 1 aliphatic heterocycles. The van der Waals surface area contributed by atoms with Crippen LogP contribution in [-0.4, -0.2) is 42.0 Å². The fourth-order valence-electron chi connectivity index (χ4n) is 1.38. The number of guanidine groups is 1. The van der Waals surface area contributed by atoms with E-state index in [4.69, 9.17) is 9.05 Å². The molecular weight excluding hydrogens is 251 g/mol. The highest BCUT2D eigenvalue weighted by Gasteiger charge is 2.40. The molecule has 0 saturated carbocycles. The average Bonchev–Trinajstić information content (AvgIpc) is 2.66. The number of hydrogen-bond acceptors (Lipinski definition) is 5. The van der Waals surface area contributed by atoms with Crippen molar-refractivity contribution in [2.24, 2.45) is 5.10 Å². The molecule has 0 radical (unpaired) electrons. The van der Waals surface area contributed by atoms with Gasteiger partial charge in [-0.25, -0.2) is 19.3 Å². The van der Waals surface area contributed by atoms with E-state index in [1.165, 1.54) is 4.67 Å². The Morgan fingerprint density at radius 2 is 2.12 bits per heavy atom. The van der Waals surface area contributed by atoms with Crippen LogP contribution in [0.2, 0.25) is 0 Å². The molecule has 0 aromatic rings. The van der Waals surface area contributed by atoms with Gasteiger partial charge in [0.05, 0.1) is 13.2 Å². The summed E-state index contributed by atoms with van der Waals surface area (Å²) in [7, 11) is -3.54. The lowest BCUT2D eigenvalue weighted by Crippen LogP contribution is -2.30. The van der Waals surface area contributed by atoms with Gasteiger partial charge >= 0.3 is 7.75 Å². The molecule has 0 unspecified atom stereocenters. The van der Waals surface area contributed by atoms with E-state index in [-0.39, 0.29) is 25.7 Å².